The molecule has 0 bridgehead atoms. The highest BCUT2D eigenvalue weighted by Crippen LogP contribution is 2.36. The first kappa shape index (κ1) is 17.8. The number of rotatable bonds is 5. The third-order valence-corrected chi connectivity index (χ3v) is 5.38. The van der Waals surface area contributed by atoms with Crippen LogP contribution in [0, 0.1) is 0 Å². The van der Waals surface area contributed by atoms with Crippen molar-refractivity contribution in [1.82, 2.24) is 4.90 Å². The molecule has 4 nitrogen and oxygen atoms in total. The van der Waals surface area contributed by atoms with Gasteiger partial charge in [-0.3, -0.25) is 4.79 Å². The van der Waals surface area contributed by atoms with Gasteiger partial charge in [-0.05, 0) is 54.1 Å². The van der Waals surface area contributed by atoms with Crippen LogP contribution < -0.4 is 9.47 Å². The largest absolute Gasteiger partial charge is 0.493 e. The van der Waals surface area contributed by atoms with Crippen molar-refractivity contribution in [1.29, 1.82) is 0 Å². The van der Waals surface area contributed by atoms with E-state index in [0.717, 1.165) is 18.5 Å². The predicted octanol–water partition coefficient (Wildman–Crippen LogP) is 4.41. The van der Waals surface area contributed by atoms with Gasteiger partial charge in [0.05, 0.1) is 18.7 Å². The van der Waals surface area contributed by atoms with Crippen molar-refractivity contribution < 1.29 is 14.3 Å². The quantitative estimate of drug-likeness (QED) is 0.724. The topological polar surface area (TPSA) is 38.8 Å². The number of carbonyl (C=O) groups is 1. The number of methoxy groups -OCH3 is 1. The number of halogens is 1. The maximum atomic E-state index is 12.5. The Morgan fingerprint density at radius 2 is 2.28 bits per heavy atom. The highest BCUT2D eigenvalue weighted by molar-refractivity contribution is 7.10. The van der Waals surface area contributed by atoms with Crippen LogP contribution >= 0.6 is 22.9 Å². The van der Waals surface area contributed by atoms with E-state index in [1.807, 2.05) is 17.9 Å². The van der Waals surface area contributed by atoms with E-state index in [1.54, 1.807) is 36.7 Å². The van der Waals surface area contributed by atoms with Crippen LogP contribution in [0.3, 0.4) is 0 Å². The Labute approximate surface area is 156 Å². The van der Waals surface area contributed by atoms with Gasteiger partial charge in [0.1, 0.15) is 0 Å². The Morgan fingerprint density at radius 1 is 1.44 bits per heavy atom. The summed E-state index contributed by atoms with van der Waals surface area (Å²) >= 11 is 8.03. The van der Waals surface area contributed by atoms with Crippen LogP contribution in [0.5, 0.6) is 11.5 Å². The zero-order chi connectivity index (χ0) is 17.8. The maximum absolute atomic E-state index is 12.5. The van der Waals surface area contributed by atoms with E-state index in [4.69, 9.17) is 21.1 Å². The van der Waals surface area contributed by atoms with Crippen LogP contribution in [0.4, 0.5) is 0 Å². The second-order valence-electron chi connectivity index (χ2n) is 5.68. The zero-order valence-electron chi connectivity index (χ0n) is 14.3. The van der Waals surface area contributed by atoms with E-state index in [9.17, 15) is 4.79 Å². The number of thiophene rings is 1. The summed E-state index contributed by atoms with van der Waals surface area (Å²) in [7, 11) is 1.57. The van der Waals surface area contributed by atoms with Crippen LogP contribution in [0.25, 0.3) is 6.08 Å². The fourth-order valence-corrected chi connectivity index (χ4v) is 3.99. The fraction of sp³-hybridized carbons (Fsp3) is 0.316. The molecule has 0 saturated heterocycles. The molecule has 0 fully saturated rings. The third kappa shape index (κ3) is 3.99. The van der Waals surface area contributed by atoms with Crippen LogP contribution in [0.1, 0.15) is 22.9 Å². The van der Waals surface area contributed by atoms with Crippen LogP contribution in [0.2, 0.25) is 5.02 Å². The van der Waals surface area contributed by atoms with Gasteiger partial charge in [0.15, 0.2) is 11.5 Å². The lowest BCUT2D eigenvalue weighted by molar-refractivity contribution is -0.126. The van der Waals surface area contributed by atoms with Crippen LogP contribution in [0.15, 0.2) is 29.7 Å². The molecule has 1 aromatic heterocycles. The van der Waals surface area contributed by atoms with Gasteiger partial charge in [0.25, 0.3) is 0 Å². The van der Waals surface area contributed by atoms with Crippen molar-refractivity contribution in [2.24, 2.45) is 0 Å². The molecule has 6 heteroatoms. The van der Waals surface area contributed by atoms with Crippen LogP contribution in [-0.2, 0) is 17.8 Å². The summed E-state index contributed by atoms with van der Waals surface area (Å²) in [5.74, 6) is 1.08. The van der Waals surface area contributed by atoms with E-state index >= 15 is 0 Å². The van der Waals surface area contributed by atoms with E-state index in [-0.39, 0.29) is 5.91 Å². The van der Waals surface area contributed by atoms with Crippen molar-refractivity contribution >= 4 is 34.9 Å². The first-order chi connectivity index (χ1) is 12.1. The average Bonchev–Trinajstić information content (AvgIpc) is 3.09. The van der Waals surface area contributed by atoms with Gasteiger partial charge in [0.2, 0.25) is 5.91 Å². The summed E-state index contributed by atoms with van der Waals surface area (Å²) in [6, 6.07) is 5.68. The smallest absolute Gasteiger partial charge is 0.246 e. The molecule has 25 heavy (non-hydrogen) atoms. The number of carbonyl (C=O) groups excluding carboxylic acids is 1. The number of amides is 1. The monoisotopic (exact) mass is 377 g/mol. The lowest BCUT2D eigenvalue weighted by Crippen LogP contribution is -2.34. The molecule has 1 amide bonds. The van der Waals surface area contributed by atoms with Crippen LogP contribution in [-0.4, -0.2) is 31.1 Å². The highest BCUT2D eigenvalue weighted by Gasteiger charge is 2.19. The maximum Gasteiger partial charge on any atom is 0.246 e. The lowest BCUT2D eigenvalue weighted by Gasteiger charge is -2.25. The standard InChI is InChI=1S/C19H20ClNO3S/c1-3-24-19-15(20)10-13(11-16(19)23-2)4-5-18(22)21-8-6-17-14(12-21)7-9-25-17/h4-5,7,9-11H,3,6,8,12H2,1-2H3. The van der Waals surface area contributed by atoms with E-state index in [2.05, 4.69) is 11.4 Å². The minimum Gasteiger partial charge on any atom is -0.493 e. The molecule has 2 aromatic rings. The number of hydrogen-bond acceptors (Lipinski definition) is 4. The SMILES string of the molecule is CCOc1c(Cl)cc(C=CC(=O)N2CCc3sccc3C2)cc1OC. The molecule has 0 saturated carbocycles. The van der Waals surface area contributed by atoms with Gasteiger partial charge in [0, 0.05) is 24.0 Å². The Hall–Kier alpha value is -1.98. The molecule has 132 valence electrons. The minimum absolute atomic E-state index is 0.000763. The van der Waals surface area contributed by atoms with E-state index < -0.39 is 0 Å². The summed E-state index contributed by atoms with van der Waals surface area (Å²) in [5, 5.41) is 2.55. The molecule has 0 aliphatic carbocycles. The molecule has 0 radical (unpaired) electrons. The summed E-state index contributed by atoms with van der Waals surface area (Å²) in [6.07, 6.45) is 4.27. The Morgan fingerprint density at radius 3 is 3.04 bits per heavy atom. The van der Waals surface area contributed by atoms with Gasteiger partial charge in [-0.1, -0.05) is 11.6 Å². The molecule has 0 spiro atoms. The van der Waals surface area contributed by atoms with E-state index in [1.165, 1.54) is 10.4 Å². The van der Waals surface area contributed by atoms with Crippen molar-refractivity contribution in [2.45, 2.75) is 19.9 Å². The van der Waals surface area contributed by atoms with E-state index in [0.29, 0.717) is 29.7 Å². The van der Waals surface area contributed by atoms with Crippen molar-refractivity contribution in [2.75, 3.05) is 20.3 Å². The molecule has 1 aliphatic heterocycles. The number of benzene rings is 1. The Balaban J connectivity index is 1.73. The third-order valence-electron chi connectivity index (χ3n) is 4.08. The summed E-state index contributed by atoms with van der Waals surface area (Å²) in [4.78, 5) is 15.7. The summed E-state index contributed by atoms with van der Waals surface area (Å²) in [5.41, 5.74) is 2.05. The first-order valence-corrected chi connectivity index (χ1v) is 9.40. The molecule has 3 rings (SSSR count). The van der Waals surface area contributed by atoms with Crippen molar-refractivity contribution in [3.05, 3.63) is 50.7 Å². The van der Waals surface area contributed by atoms with Gasteiger partial charge in [-0.25, -0.2) is 0 Å². The molecular formula is C19H20ClNO3S. The summed E-state index contributed by atoms with van der Waals surface area (Å²) in [6.45, 7) is 3.82. The van der Waals surface area contributed by atoms with Crippen molar-refractivity contribution in [3.8, 4) is 11.5 Å². The number of hydrogen-bond donors (Lipinski definition) is 0. The molecule has 2 heterocycles. The molecule has 1 aromatic carbocycles. The minimum atomic E-state index is 0.000763. The zero-order valence-corrected chi connectivity index (χ0v) is 15.8. The molecule has 0 atom stereocenters. The second kappa shape index (κ2) is 7.93. The lowest BCUT2D eigenvalue weighted by atomic mass is 10.1. The van der Waals surface area contributed by atoms with Gasteiger partial charge in [-0.15, -0.1) is 11.3 Å². The first-order valence-electron chi connectivity index (χ1n) is 8.15. The highest BCUT2D eigenvalue weighted by atomic mass is 35.5. The summed E-state index contributed by atoms with van der Waals surface area (Å²) < 4.78 is 10.8. The van der Waals surface area contributed by atoms with Crippen molar-refractivity contribution in [3.63, 3.8) is 0 Å². The number of ether oxygens (including phenoxy) is 2. The Kier molecular flexibility index (Phi) is 5.66. The van der Waals surface area contributed by atoms with Gasteiger partial charge < -0.3 is 14.4 Å². The number of nitrogens with zero attached hydrogens (tertiary/aromatic N) is 1. The molecular weight excluding hydrogens is 358 g/mol. The normalized spacial score (nSPS) is 13.8. The second-order valence-corrected chi connectivity index (χ2v) is 7.09. The molecule has 1 aliphatic rings. The molecule has 0 unspecified atom stereocenters. The molecule has 0 N–H and O–H groups in total. The number of fused-ring (bicyclic) bond motifs is 1. The average molecular weight is 378 g/mol. The van der Waals surface area contributed by atoms with Gasteiger partial charge >= 0.3 is 0 Å². The fourth-order valence-electron chi connectivity index (χ4n) is 2.83. The predicted molar refractivity (Wildman–Crippen MR) is 102 cm³/mol. The van der Waals surface area contributed by atoms with Gasteiger partial charge in [-0.2, -0.15) is 0 Å². The Bertz CT molecular complexity index is 800.